The Morgan fingerprint density at radius 2 is 1.66 bits per heavy atom. The smallest absolute Gasteiger partial charge is 1.00 e. The van der Waals surface area contributed by atoms with Gasteiger partial charge in [0.1, 0.15) is 24.1 Å². The molecule has 1 aromatic rings. The number of aliphatic hydroxyl groups is 2. The molecule has 32 heavy (non-hydrogen) atoms. The van der Waals surface area contributed by atoms with Crippen LogP contribution < -0.4 is 70.5 Å². The first-order valence-electron chi connectivity index (χ1n) is 7.25. The van der Waals surface area contributed by atoms with Gasteiger partial charge in [0.05, 0.1) is 6.61 Å². The van der Waals surface area contributed by atoms with Crippen LogP contribution in [0.3, 0.4) is 0 Å². The number of hydrogen-bond acceptors (Lipinski definition) is 12. The van der Waals surface area contributed by atoms with Crippen molar-refractivity contribution in [2.45, 2.75) is 24.5 Å². The molecule has 2 rings (SSSR count). The van der Waals surface area contributed by atoms with Crippen LogP contribution in [-0.2, 0) is 31.6 Å². The minimum absolute atomic E-state index is 0. The van der Waals surface area contributed by atoms with Crippen molar-refractivity contribution in [2.24, 2.45) is 0 Å². The van der Waals surface area contributed by atoms with Gasteiger partial charge in [-0.25, -0.2) is 18.5 Å². The van der Waals surface area contributed by atoms with Gasteiger partial charge in [-0.05, 0) is 6.07 Å². The SMILES string of the molecule is Nc1ccn([C@@H]2O[C@H](COP(=O)(O)OP(=O)(O)OP(=O)(O)O)[C@@H](O)[C@H]2O)c(=O)n1.O.[H-].[H-].[Na+].[Na+]. The van der Waals surface area contributed by atoms with Crippen LogP contribution >= 0.6 is 23.5 Å². The van der Waals surface area contributed by atoms with Crippen molar-refractivity contribution in [2.75, 3.05) is 12.3 Å². The van der Waals surface area contributed by atoms with Gasteiger partial charge in [-0.1, -0.05) is 0 Å². The molecule has 1 aliphatic rings. The molecule has 6 atom stereocenters. The van der Waals surface area contributed by atoms with E-state index in [4.69, 9.17) is 25.2 Å². The van der Waals surface area contributed by atoms with E-state index in [9.17, 15) is 33.6 Å². The number of phosphoric ester groups is 1. The van der Waals surface area contributed by atoms with Gasteiger partial charge < -0.3 is 48.6 Å². The largest absolute Gasteiger partial charge is 1.00 e. The molecule has 1 saturated heterocycles. The van der Waals surface area contributed by atoms with Gasteiger partial charge in [0.25, 0.3) is 0 Å². The Labute approximate surface area is 226 Å². The Morgan fingerprint density at radius 3 is 2.16 bits per heavy atom. The van der Waals surface area contributed by atoms with Crippen LogP contribution in [0.15, 0.2) is 17.1 Å². The first-order chi connectivity index (χ1) is 13.1. The second kappa shape index (κ2) is 13.3. The number of hydrogen-bond donors (Lipinski definition) is 7. The van der Waals surface area contributed by atoms with Crippen LogP contribution in [0.5, 0.6) is 0 Å². The first kappa shape index (κ1) is 35.1. The van der Waals surface area contributed by atoms with E-state index in [1.165, 1.54) is 6.07 Å². The van der Waals surface area contributed by atoms with Crippen molar-refractivity contribution in [3.05, 3.63) is 22.7 Å². The van der Waals surface area contributed by atoms with E-state index in [0.29, 0.717) is 0 Å². The first-order valence-corrected chi connectivity index (χ1v) is 11.8. The van der Waals surface area contributed by atoms with E-state index in [0.717, 1.165) is 10.8 Å². The molecule has 0 saturated carbocycles. The maximum atomic E-state index is 11.8. The van der Waals surface area contributed by atoms with E-state index < -0.39 is 60.3 Å². The topological polar surface area (TPSA) is 302 Å². The molecule has 0 aromatic carbocycles. The summed E-state index contributed by atoms with van der Waals surface area (Å²) in [6, 6.07) is 1.20. The fraction of sp³-hybridized carbons (Fsp3) is 0.556. The minimum Gasteiger partial charge on any atom is -1.00 e. The number of phosphoric acid groups is 3. The summed E-state index contributed by atoms with van der Waals surface area (Å²) in [6.45, 7) is -1.02. The maximum Gasteiger partial charge on any atom is 1.00 e. The monoisotopic (exact) mass is 549 g/mol. The van der Waals surface area contributed by atoms with E-state index in [-0.39, 0.29) is 73.3 Å². The summed E-state index contributed by atoms with van der Waals surface area (Å²) in [6.07, 6.45) is -5.38. The molecule has 10 N–H and O–H groups in total. The van der Waals surface area contributed by atoms with E-state index in [2.05, 4.69) is 18.1 Å². The maximum absolute atomic E-state index is 11.8. The second-order valence-corrected chi connectivity index (χ2v) is 9.90. The molecule has 0 aliphatic carbocycles. The average Bonchev–Trinajstić information content (AvgIpc) is 2.78. The standard InChI is InChI=1S/C9H16N3O14P3.2Na.H2O.2H/c10-5-1-2-12(9(15)11-5)8-7(14)6(13)4(24-8)3-23-28(19,20)26-29(21,22)25-27(16,17)18;;;;;/h1-2,4,6-8,13-14H,3H2,(H,19,20)(H,21,22)(H2,10,11,15)(H2,16,17,18);;;1H2;;/q;2*+1;;2*-1/t4-,6-,7-,8-;;;;;/m1...../s1. The van der Waals surface area contributed by atoms with Crippen molar-refractivity contribution < 1.29 is 129 Å². The fourth-order valence-electron chi connectivity index (χ4n) is 2.19. The van der Waals surface area contributed by atoms with Crippen LogP contribution in [0.25, 0.3) is 0 Å². The summed E-state index contributed by atoms with van der Waals surface area (Å²) in [5.74, 6) is -0.122. The summed E-state index contributed by atoms with van der Waals surface area (Å²) >= 11 is 0. The molecule has 2 heterocycles. The van der Waals surface area contributed by atoms with Crippen molar-refractivity contribution in [3.8, 4) is 0 Å². The summed E-state index contributed by atoms with van der Waals surface area (Å²) in [7, 11) is -16.7. The predicted octanol–water partition coefficient (Wildman–Crippen LogP) is -8.80. The summed E-state index contributed by atoms with van der Waals surface area (Å²) < 4.78 is 50.8. The number of aromatic nitrogens is 2. The van der Waals surface area contributed by atoms with Gasteiger partial charge in [-0.2, -0.15) is 13.6 Å². The molecule has 0 radical (unpaired) electrons. The third kappa shape index (κ3) is 10.3. The molecular weight excluding hydrogens is 529 g/mol. The molecule has 18 nitrogen and oxygen atoms in total. The number of nitrogens with zero attached hydrogens (tertiary/aromatic N) is 2. The molecule has 0 amide bonds. The second-order valence-electron chi connectivity index (χ2n) is 5.48. The van der Waals surface area contributed by atoms with E-state index in [1.807, 2.05) is 0 Å². The van der Waals surface area contributed by atoms with Crippen LogP contribution in [0.4, 0.5) is 5.82 Å². The Kier molecular flexibility index (Phi) is 14.6. The van der Waals surface area contributed by atoms with Crippen molar-refractivity contribution in [1.82, 2.24) is 9.55 Å². The molecule has 0 bridgehead atoms. The molecular formula is C9H20N3Na2O15P3. The van der Waals surface area contributed by atoms with Gasteiger partial charge >= 0.3 is 88.3 Å². The van der Waals surface area contributed by atoms with Gasteiger partial charge in [0.15, 0.2) is 6.23 Å². The quantitative estimate of drug-likeness (QED) is 0.117. The minimum atomic E-state index is -5.71. The number of nitrogens with two attached hydrogens (primary N) is 1. The third-order valence-corrected chi connectivity index (χ3v) is 7.08. The van der Waals surface area contributed by atoms with Crippen molar-refractivity contribution in [1.29, 1.82) is 0 Å². The third-order valence-electron chi connectivity index (χ3n) is 3.28. The van der Waals surface area contributed by atoms with Gasteiger partial charge in [-0.15, -0.1) is 0 Å². The Balaban J connectivity index is -0.000000900. The van der Waals surface area contributed by atoms with E-state index >= 15 is 0 Å². The van der Waals surface area contributed by atoms with Crippen LogP contribution in [0, 0.1) is 0 Å². The van der Waals surface area contributed by atoms with Gasteiger partial charge in [0, 0.05) is 6.20 Å². The predicted molar refractivity (Wildman–Crippen MR) is 94.5 cm³/mol. The normalized spacial score (nSPS) is 26.6. The summed E-state index contributed by atoms with van der Waals surface area (Å²) in [4.78, 5) is 50.5. The van der Waals surface area contributed by atoms with Crippen LogP contribution in [0.1, 0.15) is 9.08 Å². The average molecular weight is 549 g/mol. The number of aliphatic hydroxyl groups excluding tert-OH is 2. The fourth-order valence-corrected chi connectivity index (χ4v) is 5.22. The number of anilines is 1. The number of rotatable bonds is 8. The van der Waals surface area contributed by atoms with Gasteiger partial charge in [0.2, 0.25) is 0 Å². The summed E-state index contributed by atoms with van der Waals surface area (Å²) in [5.41, 5.74) is 4.39. The number of ether oxygens (including phenoxy) is 1. The van der Waals surface area contributed by atoms with Crippen LogP contribution in [-0.4, -0.2) is 69.7 Å². The van der Waals surface area contributed by atoms with Gasteiger partial charge in [-0.3, -0.25) is 9.09 Å². The Bertz CT molecular complexity index is 969. The molecule has 178 valence electrons. The Morgan fingerprint density at radius 1 is 1.09 bits per heavy atom. The molecule has 0 spiro atoms. The summed E-state index contributed by atoms with van der Waals surface area (Å²) in [5, 5.41) is 20.0. The zero-order valence-electron chi connectivity index (χ0n) is 18.4. The van der Waals surface area contributed by atoms with Crippen molar-refractivity contribution >= 4 is 29.3 Å². The molecule has 1 aliphatic heterocycles. The Hall–Kier alpha value is 0.930. The molecule has 2 unspecified atom stereocenters. The zero-order valence-corrected chi connectivity index (χ0v) is 23.1. The van der Waals surface area contributed by atoms with Crippen LogP contribution in [0.2, 0.25) is 0 Å². The zero-order chi connectivity index (χ0) is 22.2. The van der Waals surface area contributed by atoms with Crippen molar-refractivity contribution in [3.63, 3.8) is 0 Å². The molecule has 23 heteroatoms. The van der Waals surface area contributed by atoms with E-state index in [1.54, 1.807) is 0 Å². The number of nitrogen functional groups attached to an aromatic ring is 1. The molecule has 1 aromatic heterocycles. The molecule has 1 fully saturated rings.